The molecule has 1 aromatic rings. The molecule has 0 aliphatic carbocycles. The molecule has 2 aliphatic rings. The number of benzene rings is 1. The standard InChI is InChI=1S/C16H23NO4S/c1-3-20-15-7-12-6-11(2)21-16(12)8-13(15)9-17-14-4-5-22(18,19)10-14/h7-8,11,14,17H,3-6,9-10H2,1-2H3. The van der Waals surface area contributed by atoms with Crippen molar-refractivity contribution in [2.75, 3.05) is 18.1 Å². The fourth-order valence-corrected chi connectivity index (χ4v) is 4.83. The first kappa shape index (κ1) is 15.6. The monoisotopic (exact) mass is 325 g/mol. The Labute approximate surface area is 131 Å². The molecule has 1 aromatic carbocycles. The number of hydrogen-bond acceptors (Lipinski definition) is 5. The van der Waals surface area contributed by atoms with E-state index in [1.54, 1.807) is 0 Å². The average molecular weight is 325 g/mol. The van der Waals surface area contributed by atoms with E-state index in [0.29, 0.717) is 19.6 Å². The van der Waals surface area contributed by atoms with Gasteiger partial charge in [-0.1, -0.05) is 0 Å². The van der Waals surface area contributed by atoms with Gasteiger partial charge in [-0.2, -0.15) is 0 Å². The van der Waals surface area contributed by atoms with Gasteiger partial charge in [-0.3, -0.25) is 0 Å². The van der Waals surface area contributed by atoms with Gasteiger partial charge >= 0.3 is 0 Å². The van der Waals surface area contributed by atoms with E-state index in [0.717, 1.165) is 23.5 Å². The van der Waals surface area contributed by atoms with Crippen LogP contribution in [-0.4, -0.2) is 38.7 Å². The predicted molar refractivity (Wildman–Crippen MR) is 85.3 cm³/mol. The van der Waals surface area contributed by atoms with Crippen LogP contribution in [0.15, 0.2) is 12.1 Å². The van der Waals surface area contributed by atoms with E-state index in [1.807, 2.05) is 13.0 Å². The smallest absolute Gasteiger partial charge is 0.151 e. The molecule has 0 amide bonds. The Kier molecular flexibility index (Phi) is 4.32. The maximum atomic E-state index is 11.5. The lowest BCUT2D eigenvalue weighted by Gasteiger charge is -2.15. The normalized spacial score (nSPS) is 25.7. The molecule has 0 radical (unpaired) electrons. The van der Waals surface area contributed by atoms with Gasteiger partial charge in [-0.25, -0.2) is 8.42 Å². The van der Waals surface area contributed by atoms with Crippen LogP contribution in [-0.2, 0) is 22.8 Å². The summed E-state index contributed by atoms with van der Waals surface area (Å²) in [5.74, 6) is 2.31. The van der Waals surface area contributed by atoms with Crippen molar-refractivity contribution in [3.8, 4) is 11.5 Å². The first-order valence-electron chi connectivity index (χ1n) is 7.86. The van der Waals surface area contributed by atoms with Gasteiger partial charge in [0.1, 0.15) is 17.6 Å². The lowest BCUT2D eigenvalue weighted by atomic mass is 10.1. The largest absolute Gasteiger partial charge is 0.494 e. The molecular weight excluding hydrogens is 302 g/mol. The van der Waals surface area contributed by atoms with Gasteiger partial charge in [0.15, 0.2) is 9.84 Å². The molecule has 2 aliphatic heterocycles. The van der Waals surface area contributed by atoms with Crippen molar-refractivity contribution < 1.29 is 17.9 Å². The number of hydrogen-bond donors (Lipinski definition) is 1. The summed E-state index contributed by atoms with van der Waals surface area (Å²) < 4.78 is 34.6. The Hall–Kier alpha value is -1.27. The zero-order chi connectivity index (χ0) is 15.7. The average Bonchev–Trinajstić information content (AvgIpc) is 2.97. The van der Waals surface area contributed by atoms with Crippen LogP contribution in [0.25, 0.3) is 0 Å². The van der Waals surface area contributed by atoms with Crippen LogP contribution < -0.4 is 14.8 Å². The molecule has 2 heterocycles. The quantitative estimate of drug-likeness (QED) is 0.892. The lowest BCUT2D eigenvalue weighted by Crippen LogP contribution is -2.29. The molecule has 6 heteroatoms. The summed E-state index contributed by atoms with van der Waals surface area (Å²) in [6.07, 6.45) is 1.79. The van der Waals surface area contributed by atoms with Crippen molar-refractivity contribution in [1.82, 2.24) is 5.32 Å². The molecule has 0 spiro atoms. The van der Waals surface area contributed by atoms with Crippen molar-refractivity contribution in [3.05, 3.63) is 23.3 Å². The highest BCUT2D eigenvalue weighted by atomic mass is 32.2. The van der Waals surface area contributed by atoms with E-state index < -0.39 is 9.84 Å². The highest BCUT2D eigenvalue weighted by Crippen LogP contribution is 2.35. The molecule has 3 rings (SSSR count). The van der Waals surface area contributed by atoms with Gasteiger partial charge in [0.05, 0.1) is 18.1 Å². The van der Waals surface area contributed by atoms with E-state index in [2.05, 4.69) is 18.3 Å². The number of sulfone groups is 1. The predicted octanol–water partition coefficient (Wildman–Crippen LogP) is 1.69. The lowest BCUT2D eigenvalue weighted by molar-refractivity contribution is 0.254. The molecule has 1 N–H and O–H groups in total. The van der Waals surface area contributed by atoms with E-state index >= 15 is 0 Å². The van der Waals surface area contributed by atoms with Crippen molar-refractivity contribution in [2.24, 2.45) is 0 Å². The summed E-state index contributed by atoms with van der Waals surface area (Å²) in [6, 6.07) is 4.12. The fraction of sp³-hybridized carbons (Fsp3) is 0.625. The molecular formula is C16H23NO4S. The molecule has 2 unspecified atom stereocenters. The van der Waals surface area contributed by atoms with Crippen LogP contribution in [0.2, 0.25) is 0 Å². The van der Waals surface area contributed by atoms with Crippen molar-refractivity contribution >= 4 is 9.84 Å². The highest BCUT2D eigenvalue weighted by molar-refractivity contribution is 7.91. The van der Waals surface area contributed by atoms with Crippen molar-refractivity contribution in [2.45, 2.75) is 45.4 Å². The number of rotatable bonds is 5. The van der Waals surface area contributed by atoms with Gasteiger partial charge < -0.3 is 14.8 Å². The third-order valence-corrected chi connectivity index (χ3v) is 5.96. The maximum Gasteiger partial charge on any atom is 0.151 e. The van der Waals surface area contributed by atoms with E-state index in [4.69, 9.17) is 9.47 Å². The number of fused-ring (bicyclic) bond motifs is 1. The third kappa shape index (κ3) is 3.38. The van der Waals surface area contributed by atoms with Gasteiger partial charge in [0, 0.05) is 30.1 Å². The van der Waals surface area contributed by atoms with Gasteiger partial charge in [0.25, 0.3) is 0 Å². The van der Waals surface area contributed by atoms with Crippen LogP contribution in [0.3, 0.4) is 0 Å². The van der Waals surface area contributed by atoms with E-state index in [1.165, 1.54) is 5.56 Å². The summed E-state index contributed by atoms with van der Waals surface area (Å²) in [7, 11) is -2.86. The number of ether oxygens (including phenoxy) is 2. The van der Waals surface area contributed by atoms with Gasteiger partial charge in [-0.05, 0) is 32.4 Å². The first-order chi connectivity index (χ1) is 10.5. The van der Waals surface area contributed by atoms with Crippen LogP contribution in [0.4, 0.5) is 0 Å². The van der Waals surface area contributed by atoms with Crippen LogP contribution in [0.1, 0.15) is 31.4 Å². The minimum Gasteiger partial charge on any atom is -0.494 e. The van der Waals surface area contributed by atoms with Crippen LogP contribution in [0.5, 0.6) is 11.5 Å². The second-order valence-electron chi connectivity index (χ2n) is 6.11. The summed E-state index contributed by atoms with van der Waals surface area (Å²) in [6.45, 7) is 5.23. The van der Waals surface area contributed by atoms with Crippen molar-refractivity contribution in [1.29, 1.82) is 0 Å². The minimum absolute atomic E-state index is 0.0348. The first-order valence-corrected chi connectivity index (χ1v) is 9.68. The molecule has 0 aromatic heterocycles. The van der Waals surface area contributed by atoms with Crippen molar-refractivity contribution in [3.63, 3.8) is 0 Å². The topological polar surface area (TPSA) is 64.6 Å². The second kappa shape index (κ2) is 6.08. The molecule has 2 atom stereocenters. The molecule has 0 bridgehead atoms. The Morgan fingerprint density at radius 2 is 2.23 bits per heavy atom. The zero-order valence-electron chi connectivity index (χ0n) is 13.1. The van der Waals surface area contributed by atoms with Gasteiger partial charge in [-0.15, -0.1) is 0 Å². The molecule has 22 heavy (non-hydrogen) atoms. The zero-order valence-corrected chi connectivity index (χ0v) is 13.9. The molecule has 1 fully saturated rings. The number of nitrogens with one attached hydrogen (secondary N) is 1. The summed E-state index contributed by atoms with van der Waals surface area (Å²) >= 11 is 0. The van der Waals surface area contributed by atoms with Crippen LogP contribution in [0, 0.1) is 0 Å². The Morgan fingerprint density at radius 3 is 2.91 bits per heavy atom. The third-order valence-electron chi connectivity index (χ3n) is 4.19. The highest BCUT2D eigenvalue weighted by Gasteiger charge is 2.28. The summed E-state index contributed by atoms with van der Waals surface area (Å²) in [5.41, 5.74) is 2.21. The Bertz CT molecular complexity index is 656. The summed E-state index contributed by atoms with van der Waals surface area (Å²) in [5, 5.41) is 3.34. The fourth-order valence-electron chi connectivity index (χ4n) is 3.12. The Morgan fingerprint density at radius 1 is 1.41 bits per heavy atom. The van der Waals surface area contributed by atoms with Gasteiger partial charge in [0.2, 0.25) is 0 Å². The maximum absolute atomic E-state index is 11.5. The molecule has 122 valence electrons. The molecule has 1 saturated heterocycles. The molecule has 0 saturated carbocycles. The minimum atomic E-state index is -2.86. The Balaban J connectivity index is 1.73. The van der Waals surface area contributed by atoms with E-state index in [9.17, 15) is 8.42 Å². The van der Waals surface area contributed by atoms with E-state index in [-0.39, 0.29) is 23.7 Å². The molecule has 5 nitrogen and oxygen atoms in total. The van der Waals surface area contributed by atoms with Crippen LogP contribution >= 0.6 is 0 Å². The second-order valence-corrected chi connectivity index (χ2v) is 8.34. The SMILES string of the molecule is CCOc1cc2c(cc1CNC1CCS(=O)(=O)C1)OC(C)C2. The summed E-state index contributed by atoms with van der Waals surface area (Å²) in [4.78, 5) is 0.